The van der Waals surface area contributed by atoms with Crippen LogP contribution in [0.3, 0.4) is 0 Å². The van der Waals surface area contributed by atoms with E-state index in [2.05, 4.69) is 17.1 Å². The third kappa shape index (κ3) is 3.32. The number of allylic oxidation sites excluding steroid dienone is 1. The molecule has 0 spiro atoms. The SMILES string of the molecule is CC1CCC(=CC(=O)N2CCOC[C@@H]2c2ncon2)CC1. The van der Waals surface area contributed by atoms with Gasteiger partial charge in [-0.1, -0.05) is 17.7 Å². The van der Waals surface area contributed by atoms with Gasteiger partial charge in [-0.3, -0.25) is 4.79 Å². The zero-order valence-electron chi connectivity index (χ0n) is 12.3. The fourth-order valence-corrected chi connectivity index (χ4v) is 2.94. The number of aromatic nitrogens is 2. The maximum Gasteiger partial charge on any atom is 0.247 e. The van der Waals surface area contributed by atoms with Crippen molar-refractivity contribution in [3.05, 3.63) is 23.9 Å². The number of amides is 1. The van der Waals surface area contributed by atoms with Gasteiger partial charge in [0.2, 0.25) is 12.3 Å². The molecule has 0 aromatic carbocycles. The van der Waals surface area contributed by atoms with Crippen LogP contribution in [0, 0.1) is 5.92 Å². The van der Waals surface area contributed by atoms with E-state index in [4.69, 9.17) is 9.26 Å². The van der Waals surface area contributed by atoms with Crippen molar-refractivity contribution in [2.24, 2.45) is 5.92 Å². The van der Waals surface area contributed by atoms with Crippen LogP contribution in [0.5, 0.6) is 0 Å². The molecular weight excluding hydrogens is 270 g/mol. The summed E-state index contributed by atoms with van der Waals surface area (Å²) >= 11 is 0. The highest BCUT2D eigenvalue weighted by Gasteiger charge is 2.31. The molecule has 1 atom stereocenters. The number of carbonyl (C=O) groups is 1. The third-order valence-electron chi connectivity index (χ3n) is 4.33. The Morgan fingerprint density at radius 3 is 2.95 bits per heavy atom. The first-order valence-electron chi connectivity index (χ1n) is 7.58. The van der Waals surface area contributed by atoms with E-state index in [-0.39, 0.29) is 11.9 Å². The normalized spacial score (nSPS) is 26.7. The minimum atomic E-state index is -0.246. The van der Waals surface area contributed by atoms with Gasteiger partial charge in [0.1, 0.15) is 6.04 Å². The summed E-state index contributed by atoms with van der Waals surface area (Å²) in [4.78, 5) is 18.4. The first-order valence-corrected chi connectivity index (χ1v) is 7.58. The molecule has 0 N–H and O–H groups in total. The van der Waals surface area contributed by atoms with Crippen LogP contribution in [-0.4, -0.2) is 40.7 Å². The van der Waals surface area contributed by atoms with Gasteiger partial charge in [-0.2, -0.15) is 4.98 Å². The van der Waals surface area contributed by atoms with E-state index in [0.29, 0.717) is 25.6 Å². The fraction of sp³-hybridized carbons (Fsp3) is 0.667. The van der Waals surface area contributed by atoms with E-state index in [9.17, 15) is 4.79 Å². The molecule has 6 nitrogen and oxygen atoms in total. The Morgan fingerprint density at radius 2 is 2.24 bits per heavy atom. The molecule has 2 heterocycles. The number of nitrogens with zero attached hydrogens (tertiary/aromatic N) is 3. The van der Waals surface area contributed by atoms with E-state index in [1.807, 2.05) is 6.08 Å². The zero-order valence-corrected chi connectivity index (χ0v) is 12.3. The molecule has 0 unspecified atom stereocenters. The summed E-state index contributed by atoms with van der Waals surface area (Å²) in [5.74, 6) is 1.32. The molecule has 21 heavy (non-hydrogen) atoms. The van der Waals surface area contributed by atoms with Gasteiger partial charge in [-0.25, -0.2) is 0 Å². The highest BCUT2D eigenvalue weighted by Crippen LogP contribution is 2.28. The Kier molecular flexibility index (Phi) is 4.34. The van der Waals surface area contributed by atoms with Crippen LogP contribution in [0.1, 0.15) is 44.5 Å². The molecule has 2 fully saturated rings. The average molecular weight is 291 g/mol. The minimum absolute atomic E-state index is 0.0395. The fourth-order valence-electron chi connectivity index (χ4n) is 2.94. The number of morpholine rings is 1. The molecule has 1 saturated heterocycles. The van der Waals surface area contributed by atoms with Gasteiger partial charge in [-0.05, 0) is 31.6 Å². The van der Waals surface area contributed by atoms with E-state index < -0.39 is 0 Å². The summed E-state index contributed by atoms with van der Waals surface area (Å²) < 4.78 is 10.2. The second-order valence-electron chi connectivity index (χ2n) is 5.90. The van der Waals surface area contributed by atoms with Gasteiger partial charge < -0.3 is 14.2 Å². The lowest BCUT2D eigenvalue weighted by Crippen LogP contribution is -2.43. The maximum atomic E-state index is 12.6. The van der Waals surface area contributed by atoms with Gasteiger partial charge in [-0.15, -0.1) is 0 Å². The van der Waals surface area contributed by atoms with Crippen molar-refractivity contribution >= 4 is 5.91 Å². The van der Waals surface area contributed by atoms with Crippen LogP contribution >= 0.6 is 0 Å². The molecule has 1 aromatic heterocycles. The van der Waals surface area contributed by atoms with Gasteiger partial charge in [0, 0.05) is 12.6 Å². The molecule has 2 aliphatic rings. The summed E-state index contributed by atoms with van der Waals surface area (Å²) in [7, 11) is 0. The van der Waals surface area contributed by atoms with Crippen LogP contribution in [0.4, 0.5) is 0 Å². The lowest BCUT2D eigenvalue weighted by Gasteiger charge is -2.33. The third-order valence-corrected chi connectivity index (χ3v) is 4.33. The van der Waals surface area contributed by atoms with Gasteiger partial charge in [0.05, 0.1) is 13.2 Å². The molecule has 114 valence electrons. The summed E-state index contributed by atoms with van der Waals surface area (Å²) in [5, 5.41) is 3.85. The van der Waals surface area contributed by atoms with Crippen molar-refractivity contribution in [1.82, 2.24) is 15.0 Å². The lowest BCUT2D eigenvalue weighted by molar-refractivity contribution is -0.135. The average Bonchev–Trinajstić information content (AvgIpc) is 3.04. The Bertz CT molecular complexity index is 502. The molecule has 1 aliphatic carbocycles. The standard InChI is InChI=1S/C15H21N3O3/c1-11-2-4-12(5-3-11)8-14(19)18-6-7-20-9-13(18)15-16-10-21-17-15/h8,10-11,13H,2-7,9H2,1H3/t11?,13-/m1/s1. The quantitative estimate of drug-likeness (QED) is 0.781. The maximum absolute atomic E-state index is 12.6. The molecule has 1 amide bonds. The molecule has 1 saturated carbocycles. The summed E-state index contributed by atoms with van der Waals surface area (Å²) in [6, 6.07) is -0.246. The second-order valence-corrected chi connectivity index (χ2v) is 5.90. The Labute approximate surface area is 124 Å². The molecule has 1 aliphatic heterocycles. The Balaban J connectivity index is 1.71. The Hall–Kier alpha value is -1.69. The van der Waals surface area contributed by atoms with Crippen LogP contribution in [0.2, 0.25) is 0 Å². The van der Waals surface area contributed by atoms with Crippen molar-refractivity contribution < 1.29 is 14.1 Å². The van der Waals surface area contributed by atoms with Gasteiger partial charge in [0.15, 0.2) is 5.82 Å². The van der Waals surface area contributed by atoms with Crippen LogP contribution in [-0.2, 0) is 9.53 Å². The van der Waals surface area contributed by atoms with Crippen molar-refractivity contribution in [3.8, 4) is 0 Å². The number of carbonyl (C=O) groups excluding carboxylic acids is 1. The van der Waals surface area contributed by atoms with Gasteiger partial charge in [0.25, 0.3) is 0 Å². The summed E-state index contributed by atoms with van der Waals surface area (Å²) in [6.45, 7) is 3.82. The Morgan fingerprint density at radius 1 is 1.43 bits per heavy atom. The zero-order chi connectivity index (χ0) is 14.7. The molecule has 3 rings (SSSR count). The summed E-state index contributed by atoms with van der Waals surface area (Å²) in [5.41, 5.74) is 1.26. The van der Waals surface area contributed by atoms with Crippen LogP contribution < -0.4 is 0 Å². The predicted octanol–water partition coefficient (Wildman–Crippen LogP) is 2.11. The van der Waals surface area contributed by atoms with Crippen LogP contribution in [0.15, 0.2) is 22.6 Å². The smallest absolute Gasteiger partial charge is 0.247 e. The van der Waals surface area contributed by atoms with Crippen molar-refractivity contribution in [2.75, 3.05) is 19.8 Å². The topological polar surface area (TPSA) is 68.5 Å². The molecule has 0 radical (unpaired) electrons. The lowest BCUT2D eigenvalue weighted by atomic mass is 9.87. The van der Waals surface area contributed by atoms with Gasteiger partial charge >= 0.3 is 0 Å². The van der Waals surface area contributed by atoms with E-state index in [0.717, 1.165) is 18.8 Å². The largest absolute Gasteiger partial charge is 0.377 e. The molecular formula is C15H21N3O3. The molecule has 1 aromatic rings. The molecule has 0 bridgehead atoms. The van der Waals surface area contributed by atoms with Crippen molar-refractivity contribution in [3.63, 3.8) is 0 Å². The first-order chi connectivity index (χ1) is 10.2. The van der Waals surface area contributed by atoms with Crippen LogP contribution in [0.25, 0.3) is 0 Å². The number of rotatable bonds is 2. The predicted molar refractivity (Wildman–Crippen MR) is 75.3 cm³/mol. The number of ether oxygens (including phenoxy) is 1. The second kappa shape index (κ2) is 6.39. The van der Waals surface area contributed by atoms with Crippen molar-refractivity contribution in [1.29, 1.82) is 0 Å². The van der Waals surface area contributed by atoms with E-state index in [1.54, 1.807) is 4.90 Å². The minimum Gasteiger partial charge on any atom is -0.377 e. The van der Waals surface area contributed by atoms with E-state index in [1.165, 1.54) is 24.8 Å². The number of hydrogen-bond donors (Lipinski definition) is 0. The highest BCUT2D eigenvalue weighted by molar-refractivity contribution is 5.88. The summed E-state index contributed by atoms with van der Waals surface area (Å²) in [6.07, 6.45) is 7.51. The molecule has 6 heteroatoms. The first kappa shape index (κ1) is 14.3. The highest BCUT2D eigenvalue weighted by atomic mass is 16.5. The monoisotopic (exact) mass is 291 g/mol. The van der Waals surface area contributed by atoms with E-state index >= 15 is 0 Å². The van der Waals surface area contributed by atoms with Crippen molar-refractivity contribution in [2.45, 2.75) is 38.6 Å². The number of hydrogen-bond acceptors (Lipinski definition) is 5.